The fraction of sp³-hybridized carbons (Fsp3) is 0.625. The first-order valence-electron chi connectivity index (χ1n) is 4.56. The largest absolute Gasteiger partial charge is 0.309 e. The Hall–Kier alpha value is -0.500. The maximum Gasteiger partial charge on any atom is 0.212 e. The van der Waals surface area contributed by atoms with Crippen LogP contribution in [0.2, 0.25) is 0 Å². The van der Waals surface area contributed by atoms with Crippen molar-refractivity contribution in [2.75, 3.05) is 19.3 Å². The third kappa shape index (κ3) is 4.70. The van der Waals surface area contributed by atoms with Crippen molar-refractivity contribution >= 4 is 21.4 Å². The van der Waals surface area contributed by atoms with E-state index in [9.17, 15) is 8.42 Å². The monoisotopic (exact) mass is 249 g/mol. The minimum atomic E-state index is -3.10. The summed E-state index contributed by atoms with van der Waals surface area (Å²) in [6.07, 6.45) is 0. The molecule has 2 N–H and O–H groups in total. The standard InChI is InChI=1S/C8H15N3O2S2/c1-7-6-14-8(11-7)5-10-3-4-15(12,13)9-2/h6,9-10H,3-5H2,1-2H3. The Kier molecular flexibility index (Phi) is 4.65. The fourth-order valence-corrected chi connectivity index (χ4v) is 2.35. The van der Waals surface area contributed by atoms with Crippen molar-refractivity contribution < 1.29 is 8.42 Å². The lowest BCUT2D eigenvalue weighted by Crippen LogP contribution is -2.29. The number of hydrogen-bond donors (Lipinski definition) is 2. The molecule has 0 amide bonds. The third-order valence-corrected chi connectivity index (χ3v) is 4.13. The summed E-state index contributed by atoms with van der Waals surface area (Å²) >= 11 is 1.57. The molecule has 0 aliphatic carbocycles. The number of aromatic nitrogens is 1. The van der Waals surface area contributed by atoms with Gasteiger partial charge in [0.1, 0.15) is 5.01 Å². The molecule has 0 bridgehead atoms. The molecule has 1 rings (SSSR count). The second kappa shape index (κ2) is 5.55. The van der Waals surface area contributed by atoms with Gasteiger partial charge in [0.25, 0.3) is 0 Å². The van der Waals surface area contributed by atoms with E-state index >= 15 is 0 Å². The van der Waals surface area contributed by atoms with Gasteiger partial charge in [0.15, 0.2) is 0 Å². The van der Waals surface area contributed by atoms with Crippen molar-refractivity contribution in [2.45, 2.75) is 13.5 Å². The van der Waals surface area contributed by atoms with E-state index in [0.29, 0.717) is 13.1 Å². The summed E-state index contributed by atoms with van der Waals surface area (Å²) in [6.45, 7) is 2.99. The molecule has 86 valence electrons. The van der Waals surface area contributed by atoms with Gasteiger partial charge in [-0.3, -0.25) is 0 Å². The minimum Gasteiger partial charge on any atom is -0.309 e. The van der Waals surface area contributed by atoms with Gasteiger partial charge in [0.05, 0.1) is 5.75 Å². The number of thiazole rings is 1. The number of hydrogen-bond acceptors (Lipinski definition) is 5. The van der Waals surface area contributed by atoms with Crippen molar-refractivity contribution in [3.63, 3.8) is 0 Å². The van der Waals surface area contributed by atoms with Gasteiger partial charge in [-0.1, -0.05) is 0 Å². The van der Waals surface area contributed by atoms with E-state index in [-0.39, 0.29) is 5.75 Å². The first-order valence-corrected chi connectivity index (χ1v) is 7.09. The van der Waals surface area contributed by atoms with Crippen LogP contribution in [0.4, 0.5) is 0 Å². The van der Waals surface area contributed by atoms with Crippen LogP contribution in [0.25, 0.3) is 0 Å². The molecule has 1 aromatic heterocycles. The van der Waals surface area contributed by atoms with Gasteiger partial charge in [-0.05, 0) is 14.0 Å². The molecule has 0 spiro atoms. The summed E-state index contributed by atoms with van der Waals surface area (Å²) in [4.78, 5) is 4.26. The smallest absolute Gasteiger partial charge is 0.212 e. The predicted octanol–water partition coefficient (Wildman–Crippen LogP) is 0.0903. The topological polar surface area (TPSA) is 71.1 Å². The minimum absolute atomic E-state index is 0.0911. The highest BCUT2D eigenvalue weighted by atomic mass is 32.2. The average Bonchev–Trinajstić information content (AvgIpc) is 2.59. The third-order valence-electron chi connectivity index (χ3n) is 1.80. The van der Waals surface area contributed by atoms with Crippen LogP contribution in [0.5, 0.6) is 0 Å². The summed E-state index contributed by atoms with van der Waals surface area (Å²) in [6, 6.07) is 0. The maximum atomic E-state index is 11.1. The Morgan fingerprint density at radius 2 is 2.27 bits per heavy atom. The average molecular weight is 249 g/mol. The lowest BCUT2D eigenvalue weighted by Gasteiger charge is -2.02. The van der Waals surface area contributed by atoms with Crippen LogP contribution in [0.1, 0.15) is 10.7 Å². The zero-order chi connectivity index (χ0) is 11.3. The molecule has 15 heavy (non-hydrogen) atoms. The van der Waals surface area contributed by atoms with Crippen LogP contribution in [0.15, 0.2) is 5.38 Å². The van der Waals surface area contributed by atoms with E-state index in [0.717, 1.165) is 10.7 Å². The van der Waals surface area contributed by atoms with E-state index in [2.05, 4.69) is 15.0 Å². The lowest BCUT2D eigenvalue weighted by atomic mass is 10.5. The summed E-state index contributed by atoms with van der Waals surface area (Å²) < 4.78 is 24.4. The zero-order valence-corrected chi connectivity index (χ0v) is 10.4. The van der Waals surface area contributed by atoms with Crippen LogP contribution in [0.3, 0.4) is 0 Å². The number of nitrogens with zero attached hydrogens (tertiary/aromatic N) is 1. The van der Waals surface area contributed by atoms with E-state index in [1.807, 2.05) is 12.3 Å². The molecule has 0 saturated carbocycles. The molecule has 0 unspecified atom stereocenters. The van der Waals surface area contributed by atoms with Crippen molar-refractivity contribution in [1.82, 2.24) is 15.0 Å². The van der Waals surface area contributed by atoms with Crippen molar-refractivity contribution in [3.05, 3.63) is 16.1 Å². The van der Waals surface area contributed by atoms with E-state index in [1.165, 1.54) is 7.05 Å². The molecule has 0 aliphatic heterocycles. The van der Waals surface area contributed by atoms with Gasteiger partial charge >= 0.3 is 0 Å². The number of nitrogens with one attached hydrogen (secondary N) is 2. The Morgan fingerprint density at radius 1 is 1.53 bits per heavy atom. The van der Waals surface area contributed by atoms with Crippen LogP contribution in [0, 0.1) is 6.92 Å². The highest BCUT2D eigenvalue weighted by molar-refractivity contribution is 7.89. The van der Waals surface area contributed by atoms with Gasteiger partial charge in [-0.25, -0.2) is 18.1 Å². The lowest BCUT2D eigenvalue weighted by molar-refractivity contribution is 0.583. The first-order chi connectivity index (χ1) is 7.03. The van der Waals surface area contributed by atoms with Gasteiger partial charge in [0.2, 0.25) is 10.0 Å². The molecule has 0 fully saturated rings. The van der Waals surface area contributed by atoms with Crippen molar-refractivity contribution in [1.29, 1.82) is 0 Å². The number of rotatable bonds is 6. The Balaban J connectivity index is 2.23. The highest BCUT2D eigenvalue weighted by Gasteiger charge is 2.05. The quantitative estimate of drug-likeness (QED) is 0.701. The predicted molar refractivity (Wildman–Crippen MR) is 61.4 cm³/mol. The van der Waals surface area contributed by atoms with Crippen LogP contribution >= 0.6 is 11.3 Å². The van der Waals surface area contributed by atoms with Gasteiger partial charge < -0.3 is 5.32 Å². The van der Waals surface area contributed by atoms with Gasteiger partial charge in [-0.2, -0.15) is 0 Å². The first kappa shape index (κ1) is 12.6. The maximum absolute atomic E-state index is 11.1. The molecule has 0 aliphatic rings. The second-order valence-electron chi connectivity index (χ2n) is 3.08. The van der Waals surface area contributed by atoms with E-state index < -0.39 is 10.0 Å². The molecule has 0 saturated heterocycles. The summed E-state index contributed by atoms with van der Waals surface area (Å²) in [5.74, 6) is 0.0911. The van der Waals surface area contributed by atoms with Gasteiger partial charge in [0, 0.05) is 24.2 Å². The normalized spacial score (nSPS) is 11.9. The molecule has 0 atom stereocenters. The molecule has 1 heterocycles. The van der Waals surface area contributed by atoms with Gasteiger partial charge in [-0.15, -0.1) is 11.3 Å². The molecular formula is C8H15N3O2S2. The molecule has 7 heteroatoms. The molecule has 0 radical (unpaired) electrons. The van der Waals surface area contributed by atoms with Crippen LogP contribution in [-0.4, -0.2) is 32.7 Å². The summed E-state index contributed by atoms with van der Waals surface area (Å²) in [7, 11) is -1.68. The van der Waals surface area contributed by atoms with Crippen LogP contribution < -0.4 is 10.0 Å². The zero-order valence-electron chi connectivity index (χ0n) is 8.78. The number of sulfonamides is 1. The Labute approximate surface area is 94.0 Å². The summed E-state index contributed by atoms with van der Waals surface area (Å²) in [5, 5.41) is 5.99. The van der Waals surface area contributed by atoms with E-state index in [4.69, 9.17) is 0 Å². The van der Waals surface area contributed by atoms with Crippen LogP contribution in [-0.2, 0) is 16.6 Å². The Bertz CT molecular complexity index is 400. The molecular weight excluding hydrogens is 234 g/mol. The summed E-state index contributed by atoms with van der Waals surface area (Å²) in [5.41, 5.74) is 1.000. The van der Waals surface area contributed by atoms with Crippen molar-refractivity contribution in [3.8, 4) is 0 Å². The molecule has 0 aromatic carbocycles. The highest BCUT2D eigenvalue weighted by Crippen LogP contribution is 2.07. The van der Waals surface area contributed by atoms with E-state index in [1.54, 1.807) is 11.3 Å². The Morgan fingerprint density at radius 3 is 2.80 bits per heavy atom. The molecule has 1 aromatic rings. The molecule has 5 nitrogen and oxygen atoms in total. The SMILES string of the molecule is CNS(=O)(=O)CCNCc1nc(C)cs1. The fourth-order valence-electron chi connectivity index (χ4n) is 0.988. The number of aryl methyl sites for hydroxylation is 1. The second-order valence-corrected chi connectivity index (χ2v) is 6.07. The van der Waals surface area contributed by atoms with Crippen molar-refractivity contribution in [2.24, 2.45) is 0 Å².